The summed E-state index contributed by atoms with van der Waals surface area (Å²) < 4.78 is 29.9. The van der Waals surface area contributed by atoms with E-state index < -0.39 is 15.9 Å². The third-order valence-electron chi connectivity index (χ3n) is 2.32. The highest BCUT2D eigenvalue weighted by Gasteiger charge is 2.22. The van der Waals surface area contributed by atoms with Crippen LogP contribution in [0.25, 0.3) is 0 Å². The van der Waals surface area contributed by atoms with Gasteiger partial charge in [-0.1, -0.05) is 0 Å². The zero-order valence-corrected chi connectivity index (χ0v) is 11.1. The van der Waals surface area contributed by atoms with E-state index in [1.165, 1.54) is 13.1 Å². The van der Waals surface area contributed by atoms with E-state index in [1.54, 1.807) is 0 Å². The van der Waals surface area contributed by atoms with E-state index in [4.69, 9.17) is 10.2 Å². The summed E-state index contributed by atoms with van der Waals surface area (Å²) in [6.45, 7) is 0.475. The van der Waals surface area contributed by atoms with Crippen LogP contribution in [0.2, 0.25) is 0 Å². The van der Waals surface area contributed by atoms with E-state index in [9.17, 15) is 18.0 Å². The van der Waals surface area contributed by atoms with Gasteiger partial charge in [-0.15, -0.1) is 0 Å². The van der Waals surface area contributed by atoms with Crippen molar-refractivity contribution in [2.75, 3.05) is 20.1 Å². The van der Waals surface area contributed by atoms with Crippen LogP contribution in [0.3, 0.4) is 0 Å². The normalized spacial score (nSPS) is 11.3. The number of furan rings is 1. The predicted octanol–water partition coefficient (Wildman–Crippen LogP) is -0.865. The molecule has 0 atom stereocenters. The number of amides is 2. The third kappa shape index (κ3) is 3.63. The summed E-state index contributed by atoms with van der Waals surface area (Å²) in [5, 5.41) is -0.386. The van der Waals surface area contributed by atoms with Gasteiger partial charge >= 0.3 is 0 Å². The van der Waals surface area contributed by atoms with Crippen molar-refractivity contribution in [2.24, 2.45) is 5.73 Å². The number of carbonyl (C=O) groups is 2. The number of nitrogens with one attached hydrogen (secondary N) is 1. The molecular formula is C10H15N3O5S. The van der Waals surface area contributed by atoms with Crippen LogP contribution in [-0.4, -0.2) is 45.8 Å². The lowest BCUT2D eigenvalue weighted by Crippen LogP contribution is -2.31. The lowest BCUT2D eigenvalue weighted by Gasteiger charge is -2.12. The first-order valence-corrected chi connectivity index (χ1v) is 6.94. The highest BCUT2D eigenvalue weighted by atomic mass is 32.2. The summed E-state index contributed by atoms with van der Waals surface area (Å²) in [6, 6.07) is 2.34. The zero-order valence-electron chi connectivity index (χ0n) is 10.3. The van der Waals surface area contributed by atoms with Crippen molar-refractivity contribution in [1.82, 2.24) is 9.62 Å². The fourth-order valence-corrected chi connectivity index (χ4v) is 1.93. The molecule has 0 aromatic carbocycles. The topological polar surface area (TPSA) is 123 Å². The second-order valence-corrected chi connectivity index (χ2v) is 5.39. The monoisotopic (exact) mass is 289 g/mol. The molecule has 1 aromatic rings. The minimum atomic E-state index is -3.76. The minimum Gasteiger partial charge on any atom is -0.438 e. The van der Waals surface area contributed by atoms with Crippen molar-refractivity contribution in [3.63, 3.8) is 0 Å². The standard InChI is InChI=1S/C10H15N3O5S/c1-12-19(16,17)9-4-3-8(18-9)10(15)13(7-14)6-2-5-11/h3-4,7,12H,2,5-6,11H2,1H3. The Morgan fingerprint density at radius 1 is 1.53 bits per heavy atom. The van der Waals surface area contributed by atoms with Crippen molar-refractivity contribution >= 4 is 22.3 Å². The van der Waals surface area contributed by atoms with Crippen molar-refractivity contribution in [1.29, 1.82) is 0 Å². The molecule has 3 N–H and O–H groups in total. The van der Waals surface area contributed by atoms with Crippen molar-refractivity contribution in [2.45, 2.75) is 11.5 Å². The summed E-state index contributed by atoms with van der Waals surface area (Å²) in [6.07, 6.45) is 0.805. The number of hydrogen-bond donors (Lipinski definition) is 2. The summed E-state index contributed by atoms with van der Waals surface area (Å²) in [5.74, 6) is -0.932. The molecule has 0 saturated carbocycles. The van der Waals surface area contributed by atoms with Crippen molar-refractivity contribution in [3.8, 4) is 0 Å². The molecule has 0 unspecified atom stereocenters. The van der Waals surface area contributed by atoms with Gasteiger partial charge in [-0.2, -0.15) is 0 Å². The molecule has 2 amide bonds. The van der Waals surface area contributed by atoms with Gasteiger partial charge in [-0.3, -0.25) is 14.5 Å². The fourth-order valence-electron chi connectivity index (χ4n) is 1.29. The summed E-state index contributed by atoms with van der Waals surface area (Å²) >= 11 is 0. The Labute approximate surface area is 110 Å². The molecule has 0 aliphatic heterocycles. The van der Waals surface area contributed by atoms with E-state index >= 15 is 0 Å². The van der Waals surface area contributed by atoms with Gasteiger partial charge in [0.05, 0.1) is 0 Å². The number of rotatable bonds is 7. The van der Waals surface area contributed by atoms with Gasteiger partial charge in [0.2, 0.25) is 11.5 Å². The van der Waals surface area contributed by atoms with Crippen molar-refractivity contribution in [3.05, 3.63) is 17.9 Å². The van der Waals surface area contributed by atoms with Gasteiger partial charge in [0.15, 0.2) is 5.76 Å². The average molecular weight is 289 g/mol. The first-order chi connectivity index (χ1) is 8.96. The van der Waals surface area contributed by atoms with Crippen LogP contribution in [0.15, 0.2) is 21.6 Å². The predicted molar refractivity (Wildman–Crippen MR) is 65.7 cm³/mol. The number of nitrogens with two attached hydrogens (primary N) is 1. The molecule has 9 heteroatoms. The lowest BCUT2D eigenvalue weighted by atomic mass is 10.3. The first-order valence-electron chi connectivity index (χ1n) is 5.46. The molecular weight excluding hydrogens is 274 g/mol. The number of hydrogen-bond acceptors (Lipinski definition) is 6. The van der Waals surface area contributed by atoms with E-state index in [0.29, 0.717) is 19.4 Å². The Morgan fingerprint density at radius 3 is 2.74 bits per heavy atom. The van der Waals surface area contributed by atoms with Crippen LogP contribution in [0.5, 0.6) is 0 Å². The molecule has 0 fully saturated rings. The first kappa shape index (κ1) is 15.3. The van der Waals surface area contributed by atoms with Crippen molar-refractivity contribution < 1.29 is 22.4 Å². The maximum absolute atomic E-state index is 11.9. The Morgan fingerprint density at radius 2 is 2.21 bits per heavy atom. The molecule has 0 saturated heterocycles. The van der Waals surface area contributed by atoms with Crippen LogP contribution >= 0.6 is 0 Å². The molecule has 19 heavy (non-hydrogen) atoms. The van der Waals surface area contributed by atoms with E-state index in [2.05, 4.69) is 4.72 Å². The second kappa shape index (κ2) is 6.45. The number of nitrogens with zero attached hydrogens (tertiary/aromatic N) is 1. The van der Waals surface area contributed by atoms with Crippen LogP contribution in [-0.2, 0) is 14.8 Å². The minimum absolute atomic E-state index is 0.146. The largest absolute Gasteiger partial charge is 0.438 e. The van der Waals surface area contributed by atoms with Crippen LogP contribution in [0.4, 0.5) is 0 Å². The highest BCUT2D eigenvalue weighted by molar-refractivity contribution is 7.89. The van der Waals surface area contributed by atoms with Gasteiger partial charge in [0.1, 0.15) is 0 Å². The lowest BCUT2D eigenvalue weighted by molar-refractivity contribution is -0.116. The second-order valence-electron chi connectivity index (χ2n) is 3.57. The van der Waals surface area contributed by atoms with Gasteiger partial charge in [0, 0.05) is 6.54 Å². The number of carbonyl (C=O) groups excluding carboxylic acids is 2. The molecule has 0 bridgehead atoms. The van der Waals surface area contributed by atoms with Gasteiger partial charge in [-0.25, -0.2) is 13.1 Å². The molecule has 1 rings (SSSR count). The number of sulfonamides is 1. The quantitative estimate of drug-likeness (QED) is 0.629. The summed E-state index contributed by atoms with van der Waals surface area (Å²) in [5.41, 5.74) is 5.28. The van der Waals surface area contributed by atoms with Crippen LogP contribution in [0.1, 0.15) is 17.0 Å². The zero-order chi connectivity index (χ0) is 14.5. The van der Waals surface area contributed by atoms with Gasteiger partial charge < -0.3 is 10.2 Å². The van der Waals surface area contributed by atoms with Crippen LogP contribution in [0, 0.1) is 0 Å². The maximum Gasteiger partial charge on any atom is 0.295 e. The molecule has 1 aromatic heterocycles. The molecule has 0 aliphatic rings. The fraction of sp³-hybridized carbons (Fsp3) is 0.400. The van der Waals surface area contributed by atoms with E-state index in [1.807, 2.05) is 0 Å². The smallest absolute Gasteiger partial charge is 0.295 e. The molecule has 0 aliphatic carbocycles. The third-order valence-corrected chi connectivity index (χ3v) is 3.60. The van der Waals surface area contributed by atoms with Gasteiger partial charge in [0.25, 0.3) is 15.9 Å². The van der Waals surface area contributed by atoms with E-state index in [-0.39, 0.29) is 17.4 Å². The Hall–Kier alpha value is -1.71. The number of imide groups is 1. The maximum atomic E-state index is 11.9. The van der Waals surface area contributed by atoms with Crippen LogP contribution < -0.4 is 10.5 Å². The molecule has 0 spiro atoms. The highest BCUT2D eigenvalue weighted by Crippen LogP contribution is 2.15. The average Bonchev–Trinajstić information content (AvgIpc) is 2.89. The molecule has 0 radical (unpaired) electrons. The Kier molecular flexibility index (Phi) is 5.21. The Balaban J connectivity index is 2.92. The SMILES string of the molecule is CNS(=O)(=O)c1ccc(C(=O)N(C=O)CCCN)o1. The molecule has 1 heterocycles. The van der Waals surface area contributed by atoms with Gasteiger partial charge in [-0.05, 0) is 32.1 Å². The Bertz CT molecular complexity index is 551. The van der Waals surface area contributed by atoms with E-state index in [0.717, 1.165) is 11.0 Å². The summed E-state index contributed by atoms with van der Waals surface area (Å²) in [4.78, 5) is 23.5. The molecule has 8 nitrogen and oxygen atoms in total. The summed E-state index contributed by atoms with van der Waals surface area (Å²) in [7, 11) is -2.54. The molecule has 106 valence electrons.